The van der Waals surface area contributed by atoms with Crippen LogP contribution >= 0.6 is 0 Å². The van der Waals surface area contributed by atoms with Crippen molar-refractivity contribution in [2.24, 2.45) is 0 Å². The predicted octanol–water partition coefficient (Wildman–Crippen LogP) is 5.57. The average molecular weight is 524 g/mol. The van der Waals surface area contributed by atoms with Crippen molar-refractivity contribution in [3.05, 3.63) is 60.9 Å². The number of aromatic nitrogens is 4. The number of nitrogens with two attached hydrogens (primary N) is 1. The Morgan fingerprint density at radius 3 is 2.18 bits per heavy atom. The van der Waals surface area contributed by atoms with E-state index < -0.39 is 0 Å². The van der Waals surface area contributed by atoms with E-state index in [1.165, 1.54) is 25.7 Å². The van der Waals surface area contributed by atoms with Gasteiger partial charge in [0.1, 0.15) is 29.3 Å². The number of rotatable bonds is 6. The van der Waals surface area contributed by atoms with Crippen molar-refractivity contribution in [2.45, 2.75) is 81.6 Å². The number of hydrogen-bond acceptors (Lipinski definition) is 7. The maximum absolute atomic E-state index is 6.39. The number of nitrogens with one attached hydrogen (secondary N) is 1. The van der Waals surface area contributed by atoms with E-state index in [2.05, 4.69) is 31.9 Å². The summed E-state index contributed by atoms with van der Waals surface area (Å²) < 4.78 is 8.10. The Morgan fingerprint density at radius 1 is 0.795 bits per heavy atom. The fourth-order valence-electron chi connectivity index (χ4n) is 7.13. The van der Waals surface area contributed by atoms with Crippen LogP contribution in [0.5, 0.6) is 11.5 Å². The molecule has 3 fully saturated rings. The molecule has 7 rings (SSSR count). The summed E-state index contributed by atoms with van der Waals surface area (Å²) in [6.45, 7) is 0. The molecule has 8 heteroatoms. The summed E-state index contributed by atoms with van der Waals surface area (Å²) in [6.07, 6.45) is 11.4. The lowest BCUT2D eigenvalue weighted by molar-refractivity contribution is 0.136. The van der Waals surface area contributed by atoms with E-state index in [0.29, 0.717) is 23.9 Å². The summed E-state index contributed by atoms with van der Waals surface area (Å²) in [4.78, 5) is 11.6. The average Bonchev–Trinajstić information content (AvgIpc) is 3.43. The van der Waals surface area contributed by atoms with E-state index in [1.54, 1.807) is 6.33 Å². The highest BCUT2D eigenvalue weighted by molar-refractivity contribution is 5.98. The van der Waals surface area contributed by atoms with Crippen molar-refractivity contribution in [1.29, 1.82) is 0 Å². The number of fused-ring (bicyclic) bond motifs is 3. The molecule has 2 unspecified atom stereocenters. The number of nitrogen functional groups attached to an aromatic ring is 1. The van der Waals surface area contributed by atoms with Crippen LogP contribution < -0.4 is 15.8 Å². The monoisotopic (exact) mass is 523 g/mol. The van der Waals surface area contributed by atoms with E-state index in [9.17, 15) is 0 Å². The van der Waals surface area contributed by atoms with Crippen LogP contribution in [0.3, 0.4) is 0 Å². The summed E-state index contributed by atoms with van der Waals surface area (Å²) in [5.41, 5.74) is 9.02. The van der Waals surface area contributed by atoms with Gasteiger partial charge < -0.3 is 20.7 Å². The highest BCUT2D eigenvalue weighted by Crippen LogP contribution is 2.38. The fraction of sp³-hybridized carbons (Fsp3) is 0.452. The molecule has 3 N–H and O–H groups in total. The molecule has 1 aliphatic carbocycles. The van der Waals surface area contributed by atoms with Gasteiger partial charge in [0, 0.05) is 29.7 Å². The van der Waals surface area contributed by atoms with Crippen LogP contribution in [0.2, 0.25) is 0 Å². The molecule has 2 aromatic heterocycles. The molecule has 4 heterocycles. The van der Waals surface area contributed by atoms with E-state index in [1.807, 2.05) is 54.6 Å². The minimum atomic E-state index is 0.308. The second-order valence-corrected chi connectivity index (χ2v) is 11.6. The maximum atomic E-state index is 6.39. The van der Waals surface area contributed by atoms with Gasteiger partial charge in [-0.05, 0) is 94.8 Å². The number of benzene rings is 2. The van der Waals surface area contributed by atoms with Gasteiger partial charge in [-0.1, -0.05) is 18.2 Å². The largest absolute Gasteiger partial charge is 0.457 e. The summed E-state index contributed by atoms with van der Waals surface area (Å²) >= 11 is 0. The molecule has 0 spiro atoms. The molecule has 2 atom stereocenters. The normalized spacial score (nSPS) is 27.2. The van der Waals surface area contributed by atoms with Crippen molar-refractivity contribution in [3.8, 4) is 22.8 Å². The molecule has 2 aliphatic heterocycles. The topological polar surface area (TPSA) is 94.1 Å². The lowest BCUT2D eigenvalue weighted by Gasteiger charge is -2.39. The predicted molar refractivity (Wildman–Crippen MR) is 154 cm³/mol. The molecule has 3 aliphatic rings. The number of anilines is 1. The first-order chi connectivity index (χ1) is 19.1. The SMILES string of the molecule is CN1C2CCC1CC(N[C@H]1CC[C@@H](n3nc(-c4ccc(Oc5ccccc5)cc4)c4c(N)ncnc43)CC1)C2. The van der Waals surface area contributed by atoms with Crippen molar-refractivity contribution in [3.63, 3.8) is 0 Å². The summed E-state index contributed by atoms with van der Waals surface area (Å²) in [5, 5.41) is 9.97. The minimum absolute atomic E-state index is 0.308. The Hall–Kier alpha value is -3.49. The van der Waals surface area contributed by atoms with Crippen LogP contribution in [0.1, 0.15) is 57.4 Å². The summed E-state index contributed by atoms with van der Waals surface area (Å²) in [7, 11) is 2.32. The van der Waals surface area contributed by atoms with Crippen LogP contribution in [-0.2, 0) is 0 Å². The number of para-hydroxylation sites is 1. The van der Waals surface area contributed by atoms with Crippen LogP contribution in [0, 0.1) is 0 Å². The first-order valence-electron chi connectivity index (χ1n) is 14.4. The van der Waals surface area contributed by atoms with Crippen molar-refractivity contribution in [2.75, 3.05) is 12.8 Å². The van der Waals surface area contributed by atoms with Crippen LogP contribution in [-0.4, -0.2) is 55.9 Å². The number of piperidine rings is 1. The zero-order valence-electron chi connectivity index (χ0n) is 22.5. The maximum Gasteiger partial charge on any atom is 0.164 e. The smallest absolute Gasteiger partial charge is 0.164 e. The van der Waals surface area contributed by atoms with Crippen molar-refractivity contribution < 1.29 is 4.74 Å². The Labute approximate surface area is 229 Å². The highest BCUT2D eigenvalue weighted by Gasteiger charge is 2.39. The van der Waals surface area contributed by atoms with Gasteiger partial charge in [-0.15, -0.1) is 0 Å². The molecule has 0 radical (unpaired) electrons. The van der Waals surface area contributed by atoms with Crippen LogP contribution in [0.4, 0.5) is 5.82 Å². The Balaban J connectivity index is 1.07. The number of nitrogens with zero attached hydrogens (tertiary/aromatic N) is 5. The van der Waals surface area contributed by atoms with Crippen molar-refractivity contribution >= 4 is 16.9 Å². The third-order valence-electron chi connectivity index (χ3n) is 9.24. The van der Waals surface area contributed by atoms with Gasteiger partial charge in [-0.25, -0.2) is 14.6 Å². The Kier molecular flexibility index (Phi) is 6.45. The molecule has 2 saturated heterocycles. The van der Waals surface area contributed by atoms with Crippen LogP contribution in [0.25, 0.3) is 22.3 Å². The molecule has 202 valence electrons. The van der Waals surface area contributed by atoms with E-state index in [4.69, 9.17) is 15.6 Å². The third kappa shape index (κ3) is 4.76. The van der Waals surface area contributed by atoms with E-state index in [0.717, 1.165) is 71.6 Å². The zero-order valence-corrected chi connectivity index (χ0v) is 22.5. The van der Waals surface area contributed by atoms with Gasteiger partial charge in [-0.2, -0.15) is 5.10 Å². The molecule has 1 saturated carbocycles. The highest BCUT2D eigenvalue weighted by atomic mass is 16.5. The van der Waals surface area contributed by atoms with Gasteiger partial charge in [0.05, 0.1) is 11.4 Å². The zero-order chi connectivity index (χ0) is 26.3. The molecule has 39 heavy (non-hydrogen) atoms. The minimum Gasteiger partial charge on any atom is -0.457 e. The standard InChI is InChI=1S/C31H37N7O/c1-37-24-13-14-25(37)18-22(17-24)35-21-9-11-23(12-10-21)38-31-28(30(32)33-19-34-31)29(36-38)20-7-15-27(16-8-20)39-26-5-3-2-4-6-26/h2-8,15-16,19,21-25,35H,9-14,17-18H2,1H3,(H2,32,33,34)/t21-,22?,23+,24?,25?. The molecule has 8 nitrogen and oxygen atoms in total. The summed E-state index contributed by atoms with van der Waals surface area (Å²) in [6, 6.07) is 20.9. The third-order valence-corrected chi connectivity index (χ3v) is 9.24. The molecular formula is C31H37N7O. The van der Waals surface area contributed by atoms with Gasteiger partial charge in [-0.3, -0.25) is 0 Å². The molecular weight excluding hydrogens is 486 g/mol. The Morgan fingerprint density at radius 2 is 1.46 bits per heavy atom. The van der Waals surface area contributed by atoms with Gasteiger partial charge in [0.2, 0.25) is 0 Å². The second kappa shape index (κ2) is 10.2. The Bertz CT molecular complexity index is 1410. The summed E-state index contributed by atoms with van der Waals surface area (Å²) in [5.74, 6) is 2.06. The molecule has 2 aromatic carbocycles. The molecule has 4 aromatic rings. The van der Waals surface area contributed by atoms with Gasteiger partial charge in [0.25, 0.3) is 0 Å². The second-order valence-electron chi connectivity index (χ2n) is 11.6. The first kappa shape index (κ1) is 24.5. The quantitative estimate of drug-likeness (QED) is 0.341. The lowest BCUT2D eigenvalue weighted by atomic mass is 9.89. The molecule has 2 bridgehead atoms. The van der Waals surface area contributed by atoms with Gasteiger partial charge in [0.15, 0.2) is 5.65 Å². The number of hydrogen-bond donors (Lipinski definition) is 2. The molecule has 0 amide bonds. The first-order valence-corrected chi connectivity index (χ1v) is 14.4. The van der Waals surface area contributed by atoms with Gasteiger partial charge >= 0.3 is 0 Å². The lowest BCUT2D eigenvalue weighted by Crippen LogP contribution is -2.50. The van der Waals surface area contributed by atoms with E-state index >= 15 is 0 Å². The van der Waals surface area contributed by atoms with E-state index in [-0.39, 0.29) is 0 Å². The van der Waals surface area contributed by atoms with Crippen molar-refractivity contribution in [1.82, 2.24) is 30.0 Å². The fourth-order valence-corrected chi connectivity index (χ4v) is 7.13. The van der Waals surface area contributed by atoms with Crippen LogP contribution in [0.15, 0.2) is 60.9 Å². The number of ether oxygens (including phenoxy) is 1.